The summed E-state index contributed by atoms with van der Waals surface area (Å²) < 4.78 is 31.0. The number of ether oxygens (including phenoxy) is 1. The average molecular weight is 304 g/mol. The lowest BCUT2D eigenvalue weighted by Gasteiger charge is -2.37. The topological polar surface area (TPSA) is 58.6 Å². The van der Waals surface area contributed by atoms with Gasteiger partial charge in [-0.05, 0) is 18.4 Å². The van der Waals surface area contributed by atoms with E-state index in [-0.39, 0.29) is 12.1 Å². The lowest BCUT2D eigenvalue weighted by atomic mass is 10.1. The smallest absolute Gasteiger partial charge is 0.209 e. The molecule has 19 heavy (non-hydrogen) atoms. The number of rotatable bonds is 5. The van der Waals surface area contributed by atoms with Crippen molar-refractivity contribution in [1.82, 2.24) is 9.62 Å². The molecule has 0 bridgehead atoms. The summed E-state index contributed by atoms with van der Waals surface area (Å²) in [4.78, 5) is 3.48. The number of morpholine rings is 1. The van der Waals surface area contributed by atoms with E-state index in [9.17, 15) is 8.42 Å². The Labute approximate surface area is 118 Å². The average Bonchev–Trinajstić information content (AvgIpc) is 2.82. The van der Waals surface area contributed by atoms with E-state index < -0.39 is 10.0 Å². The number of hydrogen-bond acceptors (Lipinski definition) is 5. The highest BCUT2D eigenvalue weighted by atomic mass is 32.2. The molecule has 1 N–H and O–H groups in total. The van der Waals surface area contributed by atoms with Crippen LogP contribution in [0.15, 0.2) is 17.5 Å². The summed E-state index contributed by atoms with van der Waals surface area (Å²) in [7, 11) is -3.20. The van der Waals surface area contributed by atoms with Crippen LogP contribution in [-0.4, -0.2) is 51.9 Å². The van der Waals surface area contributed by atoms with Gasteiger partial charge in [0.15, 0.2) is 0 Å². The second-order valence-corrected chi connectivity index (χ2v) is 7.55. The third-order valence-corrected chi connectivity index (χ3v) is 4.89. The molecule has 1 aliphatic heterocycles. The molecule has 1 aromatic rings. The molecule has 0 saturated carbocycles. The third kappa shape index (κ3) is 4.25. The maximum Gasteiger partial charge on any atom is 0.209 e. The Bertz CT molecular complexity index is 481. The first-order valence-corrected chi connectivity index (χ1v) is 9.07. The van der Waals surface area contributed by atoms with Crippen LogP contribution in [0.2, 0.25) is 0 Å². The van der Waals surface area contributed by atoms with Gasteiger partial charge in [-0.25, -0.2) is 13.1 Å². The molecule has 2 heterocycles. The maximum absolute atomic E-state index is 11.4. The second kappa shape index (κ2) is 6.32. The standard InChI is InChI=1S/C12H20N2O3S2/c1-10(13-19(2,15)16)12(11-4-3-9-18-11)14-5-7-17-8-6-14/h3-4,9-10,12-13H,5-8H2,1-2H3/t10-,12-/m1/s1. The zero-order valence-corrected chi connectivity index (χ0v) is 12.8. The van der Waals surface area contributed by atoms with Crippen LogP contribution in [0.25, 0.3) is 0 Å². The van der Waals surface area contributed by atoms with Crippen molar-refractivity contribution in [3.63, 3.8) is 0 Å². The molecule has 1 saturated heterocycles. The normalized spacial score (nSPS) is 21.2. The second-order valence-electron chi connectivity index (χ2n) is 4.79. The van der Waals surface area contributed by atoms with Crippen molar-refractivity contribution in [2.75, 3.05) is 32.6 Å². The molecule has 5 nitrogen and oxygen atoms in total. The summed E-state index contributed by atoms with van der Waals surface area (Å²) in [5.74, 6) is 0. The van der Waals surface area contributed by atoms with Crippen LogP contribution >= 0.6 is 11.3 Å². The Morgan fingerprint density at radius 1 is 1.42 bits per heavy atom. The van der Waals surface area contributed by atoms with E-state index in [0.29, 0.717) is 13.2 Å². The van der Waals surface area contributed by atoms with Crippen molar-refractivity contribution >= 4 is 21.4 Å². The van der Waals surface area contributed by atoms with E-state index in [1.165, 1.54) is 11.1 Å². The van der Waals surface area contributed by atoms with E-state index >= 15 is 0 Å². The lowest BCUT2D eigenvalue weighted by Crippen LogP contribution is -2.47. The van der Waals surface area contributed by atoms with Crippen molar-refractivity contribution < 1.29 is 13.2 Å². The van der Waals surface area contributed by atoms with Crippen molar-refractivity contribution in [2.45, 2.75) is 19.0 Å². The van der Waals surface area contributed by atoms with Crippen LogP contribution in [0.3, 0.4) is 0 Å². The molecular weight excluding hydrogens is 284 g/mol. The summed E-state index contributed by atoms with van der Waals surface area (Å²) in [5.41, 5.74) is 0. The predicted molar refractivity (Wildman–Crippen MR) is 76.9 cm³/mol. The first kappa shape index (κ1) is 14.9. The van der Waals surface area contributed by atoms with Gasteiger partial charge in [0.2, 0.25) is 10.0 Å². The quantitative estimate of drug-likeness (QED) is 0.884. The molecule has 0 spiro atoms. The molecule has 2 atom stereocenters. The molecule has 0 unspecified atom stereocenters. The summed E-state index contributed by atoms with van der Waals surface area (Å²) in [6, 6.07) is 3.97. The van der Waals surface area contributed by atoms with Crippen LogP contribution in [0, 0.1) is 0 Å². The van der Waals surface area contributed by atoms with Gasteiger partial charge < -0.3 is 4.74 Å². The molecule has 7 heteroatoms. The van der Waals surface area contributed by atoms with Crippen LogP contribution in [0.5, 0.6) is 0 Å². The molecular formula is C12H20N2O3S2. The zero-order chi connectivity index (χ0) is 13.9. The van der Waals surface area contributed by atoms with Crippen LogP contribution < -0.4 is 4.72 Å². The minimum Gasteiger partial charge on any atom is -0.379 e. The number of hydrogen-bond donors (Lipinski definition) is 1. The number of thiophene rings is 1. The van der Waals surface area contributed by atoms with Gasteiger partial charge in [0.1, 0.15) is 0 Å². The highest BCUT2D eigenvalue weighted by Gasteiger charge is 2.29. The molecule has 1 aliphatic rings. The zero-order valence-electron chi connectivity index (χ0n) is 11.2. The molecule has 0 radical (unpaired) electrons. The van der Waals surface area contributed by atoms with E-state index in [0.717, 1.165) is 13.1 Å². The minimum atomic E-state index is -3.20. The first-order chi connectivity index (χ1) is 8.97. The van der Waals surface area contributed by atoms with Crippen LogP contribution in [0.4, 0.5) is 0 Å². The molecule has 0 aliphatic carbocycles. The van der Waals surface area contributed by atoms with Gasteiger partial charge in [0.05, 0.1) is 25.5 Å². The van der Waals surface area contributed by atoms with Crippen molar-refractivity contribution in [3.05, 3.63) is 22.4 Å². The molecule has 0 amide bonds. The van der Waals surface area contributed by atoms with Gasteiger partial charge in [-0.2, -0.15) is 0 Å². The first-order valence-electron chi connectivity index (χ1n) is 6.30. The minimum absolute atomic E-state index is 0.0682. The Morgan fingerprint density at radius 3 is 2.63 bits per heavy atom. The van der Waals surface area contributed by atoms with Gasteiger partial charge in [-0.1, -0.05) is 6.07 Å². The molecule has 0 aromatic carbocycles. The van der Waals surface area contributed by atoms with Gasteiger partial charge >= 0.3 is 0 Å². The summed E-state index contributed by atoms with van der Waals surface area (Å²) in [6.07, 6.45) is 1.20. The maximum atomic E-state index is 11.4. The van der Waals surface area contributed by atoms with E-state index in [1.807, 2.05) is 18.4 Å². The van der Waals surface area contributed by atoms with Crippen LogP contribution in [-0.2, 0) is 14.8 Å². The van der Waals surface area contributed by atoms with Crippen molar-refractivity contribution in [3.8, 4) is 0 Å². The van der Waals surface area contributed by atoms with Crippen molar-refractivity contribution in [2.24, 2.45) is 0 Å². The molecule has 108 valence electrons. The van der Waals surface area contributed by atoms with E-state index in [1.54, 1.807) is 11.3 Å². The van der Waals surface area contributed by atoms with Gasteiger partial charge in [-0.3, -0.25) is 4.90 Å². The molecule has 2 rings (SSSR count). The Kier molecular flexibility index (Phi) is 4.97. The Balaban J connectivity index is 2.18. The van der Waals surface area contributed by atoms with Crippen LogP contribution in [0.1, 0.15) is 17.8 Å². The Hall–Kier alpha value is -0.470. The predicted octanol–water partition coefficient (Wildman–Crippen LogP) is 1.06. The monoisotopic (exact) mass is 304 g/mol. The fraction of sp³-hybridized carbons (Fsp3) is 0.667. The third-order valence-electron chi connectivity index (χ3n) is 3.15. The summed E-state index contributed by atoms with van der Waals surface area (Å²) in [6.45, 7) is 4.98. The van der Waals surface area contributed by atoms with Gasteiger partial charge in [0.25, 0.3) is 0 Å². The number of sulfonamides is 1. The van der Waals surface area contributed by atoms with E-state index in [4.69, 9.17) is 4.74 Å². The largest absolute Gasteiger partial charge is 0.379 e. The lowest BCUT2D eigenvalue weighted by molar-refractivity contribution is 0.0113. The van der Waals surface area contributed by atoms with Gasteiger partial charge in [-0.15, -0.1) is 11.3 Å². The Morgan fingerprint density at radius 2 is 2.11 bits per heavy atom. The van der Waals surface area contributed by atoms with Gasteiger partial charge in [0, 0.05) is 24.0 Å². The summed E-state index contributed by atoms with van der Waals surface area (Å²) >= 11 is 1.66. The summed E-state index contributed by atoms with van der Waals surface area (Å²) in [5, 5.41) is 2.02. The fourth-order valence-corrected chi connectivity index (χ4v) is 4.23. The SMILES string of the molecule is C[C@@H](NS(C)(=O)=O)[C@H](c1cccs1)N1CCOCC1. The van der Waals surface area contributed by atoms with E-state index in [2.05, 4.69) is 15.7 Å². The molecule has 1 aromatic heterocycles. The number of nitrogens with zero attached hydrogens (tertiary/aromatic N) is 1. The fourth-order valence-electron chi connectivity index (χ4n) is 2.46. The highest BCUT2D eigenvalue weighted by molar-refractivity contribution is 7.88. The molecule has 1 fully saturated rings. The highest BCUT2D eigenvalue weighted by Crippen LogP contribution is 2.29. The van der Waals surface area contributed by atoms with Crippen molar-refractivity contribution in [1.29, 1.82) is 0 Å². The number of nitrogens with one attached hydrogen (secondary N) is 1.